The third kappa shape index (κ3) is 4.98. The largest absolute Gasteiger partial charge is 0.387 e. The minimum atomic E-state index is -0.470. The van der Waals surface area contributed by atoms with E-state index in [0.29, 0.717) is 13.2 Å². The maximum atomic E-state index is 10.5. The molecule has 1 saturated heterocycles. The van der Waals surface area contributed by atoms with E-state index in [0.717, 1.165) is 37.6 Å². The van der Waals surface area contributed by atoms with Gasteiger partial charge in [0, 0.05) is 38.9 Å². The molecule has 6 nitrogen and oxygen atoms in total. The van der Waals surface area contributed by atoms with Gasteiger partial charge in [-0.2, -0.15) is 5.10 Å². The van der Waals surface area contributed by atoms with Crippen molar-refractivity contribution in [1.82, 2.24) is 15.1 Å². The molecule has 1 aromatic carbocycles. The van der Waals surface area contributed by atoms with E-state index in [1.54, 1.807) is 6.20 Å². The molecule has 2 aromatic rings. The highest BCUT2D eigenvalue weighted by atomic mass is 16.5. The van der Waals surface area contributed by atoms with Crippen LogP contribution in [0.4, 0.5) is 5.82 Å². The molecular weight excluding hydrogens is 316 g/mol. The number of ether oxygens (including phenoxy) is 1. The Morgan fingerprint density at radius 2 is 2.12 bits per heavy atom. The van der Waals surface area contributed by atoms with E-state index in [1.165, 1.54) is 0 Å². The Kier molecular flexibility index (Phi) is 6.33. The summed E-state index contributed by atoms with van der Waals surface area (Å²) in [6.45, 7) is 6.69. The molecule has 2 atom stereocenters. The Balaban J connectivity index is 1.55. The second-order valence-corrected chi connectivity index (χ2v) is 6.30. The van der Waals surface area contributed by atoms with E-state index in [2.05, 4.69) is 26.9 Å². The molecule has 6 heteroatoms. The maximum Gasteiger partial charge on any atom is 0.151 e. The van der Waals surface area contributed by atoms with Crippen molar-refractivity contribution >= 4 is 5.82 Å². The zero-order valence-corrected chi connectivity index (χ0v) is 14.7. The number of nitrogens with zero attached hydrogens (tertiary/aromatic N) is 4. The summed E-state index contributed by atoms with van der Waals surface area (Å²) in [6.07, 6.45) is 1.31. The molecule has 1 fully saturated rings. The van der Waals surface area contributed by atoms with Crippen molar-refractivity contribution < 1.29 is 9.84 Å². The number of aromatic nitrogens is 2. The van der Waals surface area contributed by atoms with Gasteiger partial charge in [0.05, 0.1) is 18.8 Å². The highest BCUT2D eigenvalue weighted by molar-refractivity contribution is 5.36. The number of morpholine rings is 1. The summed E-state index contributed by atoms with van der Waals surface area (Å²) in [5.74, 6) is 0.870. The monoisotopic (exact) mass is 342 g/mol. The third-order valence-corrected chi connectivity index (χ3v) is 4.53. The molecule has 0 unspecified atom stereocenters. The van der Waals surface area contributed by atoms with Crippen molar-refractivity contribution in [3.63, 3.8) is 0 Å². The van der Waals surface area contributed by atoms with E-state index in [4.69, 9.17) is 4.74 Å². The molecule has 25 heavy (non-hydrogen) atoms. The SMILES string of the molecule is CCN(C[C@H]1CN(C[C@H](O)c2ccccc2)CCO1)c1cccnn1. The molecule has 3 rings (SSSR count). The van der Waals surface area contributed by atoms with E-state index < -0.39 is 6.10 Å². The molecule has 1 aliphatic rings. The lowest BCUT2D eigenvalue weighted by Crippen LogP contribution is -2.48. The highest BCUT2D eigenvalue weighted by Gasteiger charge is 2.24. The van der Waals surface area contributed by atoms with Gasteiger partial charge in [0.15, 0.2) is 5.82 Å². The fourth-order valence-corrected chi connectivity index (χ4v) is 3.17. The van der Waals surface area contributed by atoms with Crippen molar-refractivity contribution in [2.24, 2.45) is 0 Å². The lowest BCUT2D eigenvalue weighted by molar-refractivity contribution is -0.0368. The number of hydrogen-bond acceptors (Lipinski definition) is 6. The molecule has 1 N–H and O–H groups in total. The van der Waals surface area contributed by atoms with Gasteiger partial charge in [-0.25, -0.2) is 0 Å². The molecule has 0 spiro atoms. The van der Waals surface area contributed by atoms with E-state index in [-0.39, 0.29) is 6.10 Å². The zero-order valence-electron chi connectivity index (χ0n) is 14.7. The molecule has 0 bridgehead atoms. The Morgan fingerprint density at radius 1 is 1.28 bits per heavy atom. The molecular formula is C19H26N4O2. The number of anilines is 1. The molecule has 134 valence electrons. The Bertz CT molecular complexity index is 626. The van der Waals surface area contributed by atoms with Crippen molar-refractivity contribution in [2.45, 2.75) is 19.1 Å². The Hall–Kier alpha value is -2.02. The summed E-state index contributed by atoms with van der Waals surface area (Å²) in [5.41, 5.74) is 0.959. The third-order valence-electron chi connectivity index (χ3n) is 4.53. The van der Waals surface area contributed by atoms with Gasteiger partial charge in [0.2, 0.25) is 0 Å². The van der Waals surface area contributed by atoms with Gasteiger partial charge in [0.25, 0.3) is 0 Å². The smallest absolute Gasteiger partial charge is 0.151 e. The van der Waals surface area contributed by atoms with E-state index in [1.807, 2.05) is 42.5 Å². The summed E-state index contributed by atoms with van der Waals surface area (Å²) in [7, 11) is 0. The molecule has 0 amide bonds. The van der Waals surface area contributed by atoms with Gasteiger partial charge in [0.1, 0.15) is 0 Å². The second-order valence-electron chi connectivity index (χ2n) is 6.30. The predicted octanol–water partition coefficient (Wildman–Crippen LogP) is 1.74. The fraction of sp³-hybridized carbons (Fsp3) is 0.474. The number of benzene rings is 1. The standard InChI is InChI=1S/C19H26N4O2/c1-2-23(19-9-6-10-20-21-19)14-17-13-22(11-12-25-17)15-18(24)16-7-4-3-5-8-16/h3-10,17-18,24H,2,11-15H2,1H3/t17-,18+/m1/s1. The lowest BCUT2D eigenvalue weighted by Gasteiger charge is -2.36. The quantitative estimate of drug-likeness (QED) is 0.827. The van der Waals surface area contributed by atoms with Crippen LogP contribution in [0.25, 0.3) is 0 Å². The van der Waals surface area contributed by atoms with Gasteiger partial charge in [-0.05, 0) is 24.6 Å². The molecule has 0 saturated carbocycles. The predicted molar refractivity (Wildman–Crippen MR) is 97.5 cm³/mol. The van der Waals surface area contributed by atoms with Gasteiger partial charge in [-0.1, -0.05) is 30.3 Å². The van der Waals surface area contributed by atoms with Gasteiger partial charge in [-0.15, -0.1) is 5.10 Å². The number of aliphatic hydroxyl groups is 1. The number of aliphatic hydroxyl groups excluding tert-OH is 1. The molecule has 0 aliphatic carbocycles. The van der Waals surface area contributed by atoms with Crippen LogP contribution in [0.2, 0.25) is 0 Å². The second kappa shape index (κ2) is 8.89. The van der Waals surface area contributed by atoms with Crippen LogP contribution in [0.3, 0.4) is 0 Å². The first-order valence-corrected chi connectivity index (χ1v) is 8.86. The number of rotatable bonds is 7. The average Bonchev–Trinajstić information content (AvgIpc) is 2.68. The summed E-state index contributed by atoms with van der Waals surface area (Å²) in [6, 6.07) is 13.7. The van der Waals surface area contributed by atoms with E-state index >= 15 is 0 Å². The minimum Gasteiger partial charge on any atom is -0.387 e. The molecule has 2 heterocycles. The fourth-order valence-electron chi connectivity index (χ4n) is 3.17. The molecule has 1 aromatic heterocycles. The van der Waals surface area contributed by atoms with Crippen molar-refractivity contribution in [3.05, 3.63) is 54.2 Å². The van der Waals surface area contributed by atoms with E-state index in [9.17, 15) is 5.11 Å². The normalized spacial score (nSPS) is 19.5. The zero-order chi connectivity index (χ0) is 17.5. The Labute approximate surface area is 149 Å². The maximum absolute atomic E-state index is 10.5. The molecule has 1 aliphatic heterocycles. The van der Waals surface area contributed by atoms with Crippen LogP contribution in [0.5, 0.6) is 0 Å². The van der Waals surface area contributed by atoms with Crippen molar-refractivity contribution in [1.29, 1.82) is 0 Å². The van der Waals surface area contributed by atoms with Crippen LogP contribution in [-0.4, -0.2) is 65.6 Å². The van der Waals surface area contributed by atoms with Crippen LogP contribution in [0.1, 0.15) is 18.6 Å². The van der Waals surface area contributed by atoms with Crippen LogP contribution < -0.4 is 4.90 Å². The van der Waals surface area contributed by atoms with Crippen LogP contribution >= 0.6 is 0 Å². The van der Waals surface area contributed by atoms with Crippen molar-refractivity contribution in [3.8, 4) is 0 Å². The number of β-amino-alcohol motifs (C(OH)–C–C–N with tert-alkyl or cyclic N) is 1. The first kappa shape index (κ1) is 17.8. The summed E-state index contributed by atoms with van der Waals surface area (Å²) < 4.78 is 5.94. The Morgan fingerprint density at radius 3 is 2.84 bits per heavy atom. The summed E-state index contributed by atoms with van der Waals surface area (Å²) in [4.78, 5) is 4.45. The molecule has 0 radical (unpaired) electrons. The number of likely N-dealkylation sites (N-methyl/N-ethyl adjacent to an activating group) is 1. The number of hydrogen-bond donors (Lipinski definition) is 1. The van der Waals surface area contributed by atoms with Gasteiger partial charge < -0.3 is 14.7 Å². The minimum absolute atomic E-state index is 0.0960. The lowest BCUT2D eigenvalue weighted by atomic mass is 10.1. The average molecular weight is 342 g/mol. The van der Waals surface area contributed by atoms with Crippen LogP contribution in [-0.2, 0) is 4.74 Å². The topological polar surface area (TPSA) is 61.7 Å². The highest BCUT2D eigenvalue weighted by Crippen LogP contribution is 2.17. The van der Waals surface area contributed by atoms with Crippen LogP contribution in [0.15, 0.2) is 48.7 Å². The van der Waals surface area contributed by atoms with Gasteiger partial charge in [-0.3, -0.25) is 4.90 Å². The van der Waals surface area contributed by atoms with Gasteiger partial charge >= 0.3 is 0 Å². The first-order valence-electron chi connectivity index (χ1n) is 8.86. The van der Waals surface area contributed by atoms with Crippen LogP contribution in [0, 0.1) is 0 Å². The summed E-state index contributed by atoms with van der Waals surface area (Å²) >= 11 is 0. The first-order chi connectivity index (χ1) is 12.3. The van der Waals surface area contributed by atoms with Crippen molar-refractivity contribution in [2.75, 3.05) is 44.2 Å². The summed E-state index contributed by atoms with van der Waals surface area (Å²) in [5, 5.41) is 18.6.